The van der Waals surface area contributed by atoms with E-state index in [4.69, 9.17) is 9.83 Å². The van der Waals surface area contributed by atoms with Crippen LogP contribution in [-0.4, -0.2) is 80.3 Å². The third-order valence-corrected chi connectivity index (χ3v) is 8.26. The molecule has 0 unspecified atom stereocenters. The molecule has 2 fully saturated rings. The van der Waals surface area contributed by atoms with Gasteiger partial charge in [-0.1, -0.05) is 62.3 Å². The lowest BCUT2D eigenvalue weighted by Crippen LogP contribution is -2.61. The minimum absolute atomic E-state index is 0.0454. The number of nitrogens with one attached hydrogen (secondary N) is 1. The molecule has 2 saturated heterocycles. The largest absolute Gasteiger partial charge is 0.494 e. The van der Waals surface area contributed by atoms with Crippen molar-refractivity contribution >= 4 is 34.1 Å². The van der Waals surface area contributed by atoms with Crippen molar-refractivity contribution in [2.75, 3.05) is 26.2 Å². The Bertz CT molecular complexity index is 1450. The van der Waals surface area contributed by atoms with Gasteiger partial charge in [0.1, 0.15) is 18.0 Å². The van der Waals surface area contributed by atoms with Crippen molar-refractivity contribution in [3.63, 3.8) is 0 Å². The molecular weight excluding hydrogens is 470 g/mol. The first-order valence-corrected chi connectivity index (χ1v) is 12.6. The van der Waals surface area contributed by atoms with Gasteiger partial charge in [0.15, 0.2) is 5.88 Å². The van der Waals surface area contributed by atoms with E-state index in [2.05, 4.69) is 35.8 Å². The van der Waals surface area contributed by atoms with Crippen LogP contribution in [0.1, 0.15) is 38.3 Å². The third kappa shape index (κ3) is 3.60. The van der Waals surface area contributed by atoms with Crippen LogP contribution in [0.5, 0.6) is 5.88 Å². The number of nitrogens with zero attached hydrogens (tertiary/aromatic N) is 4. The van der Waals surface area contributed by atoms with E-state index in [-0.39, 0.29) is 17.3 Å². The molecule has 2 aromatic carbocycles. The van der Waals surface area contributed by atoms with Gasteiger partial charge in [0.25, 0.3) is 0 Å². The highest BCUT2D eigenvalue weighted by Crippen LogP contribution is 2.50. The van der Waals surface area contributed by atoms with Crippen LogP contribution in [0.4, 0.5) is 10.5 Å². The van der Waals surface area contributed by atoms with Crippen molar-refractivity contribution in [3.8, 4) is 5.88 Å². The number of aromatic nitrogens is 1. The summed E-state index contributed by atoms with van der Waals surface area (Å²) in [6.45, 7) is 8.58. The average Bonchev–Trinajstić information content (AvgIpc) is 3.60. The lowest BCUT2D eigenvalue weighted by atomic mass is 9.73. The molecule has 9 nitrogen and oxygen atoms in total. The Morgan fingerprint density at radius 2 is 1.97 bits per heavy atom. The number of para-hydroxylation sites is 2. The molecule has 0 spiro atoms. The van der Waals surface area contributed by atoms with Crippen LogP contribution < -0.4 is 0 Å². The molecule has 1 amide bonds. The maximum atomic E-state index is 11.9. The molecule has 0 aliphatic carbocycles. The number of piperazine rings is 1. The first-order valence-electron chi connectivity index (χ1n) is 12.6. The molecule has 3 aliphatic heterocycles. The highest BCUT2D eigenvalue weighted by molar-refractivity contribution is 6.58. The minimum Gasteiger partial charge on any atom is -0.494 e. The highest BCUT2D eigenvalue weighted by Gasteiger charge is 2.61. The van der Waals surface area contributed by atoms with Crippen LogP contribution in [0, 0.1) is 5.41 Å². The third-order valence-electron chi connectivity index (χ3n) is 8.26. The molecule has 0 saturated carbocycles. The predicted molar refractivity (Wildman–Crippen MR) is 142 cm³/mol. The number of H-pyrrole nitrogens is 1. The Hall–Kier alpha value is -3.85. The molecule has 2 atom stereocenters. The quantitative estimate of drug-likeness (QED) is 0.350. The SMILES string of the molecule is CC(C)(C)[C@]12C[C@@H](CN1C(=O)O)N(CCO/N=C1/C(c3c(O)[nH]c4ccccc34)=Nc3ccccc31)C2. The first-order chi connectivity index (χ1) is 17.7. The fraction of sp³-hybridized carbons (Fsp3) is 0.393. The summed E-state index contributed by atoms with van der Waals surface area (Å²) >= 11 is 0. The second-order valence-corrected chi connectivity index (χ2v) is 11.1. The van der Waals surface area contributed by atoms with Gasteiger partial charge in [-0.3, -0.25) is 9.80 Å². The molecule has 4 heterocycles. The summed E-state index contributed by atoms with van der Waals surface area (Å²) in [6, 6.07) is 15.6. The van der Waals surface area contributed by atoms with Crippen molar-refractivity contribution in [1.82, 2.24) is 14.8 Å². The van der Waals surface area contributed by atoms with Crippen LogP contribution >= 0.6 is 0 Å². The Morgan fingerprint density at radius 3 is 2.76 bits per heavy atom. The fourth-order valence-electron chi connectivity index (χ4n) is 6.26. The maximum Gasteiger partial charge on any atom is 0.407 e. The lowest BCUT2D eigenvalue weighted by Gasteiger charge is -2.48. The Kier molecular flexibility index (Phi) is 5.31. The van der Waals surface area contributed by atoms with E-state index in [1.807, 2.05) is 48.5 Å². The summed E-state index contributed by atoms with van der Waals surface area (Å²) in [5.41, 5.74) is 3.64. The summed E-state index contributed by atoms with van der Waals surface area (Å²) < 4.78 is 0. The second-order valence-electron chi connectivity index (χ2n) is 11.1. The predicted octanol–water partition coefficient (Wildman–Crippen LogP) is 4.58. The summed E-state index contributed by atoms with van der Waals surface area (Å²) in [4.78, 5) is 29.6. The number of carbonyl (C=O) groups is 1. The minimum atomic E-state index is -0.841. The first kappa shape index (κ1) is 23.5. The van der Waals surface area contributed by atoms with Crippen molar-refractivity contribution in [3.05, 3.63) is 59.7 Å². The van der Waals surface area contributed by atoms with Gasteiger partial charge in [-0.05, 0) is 24.0 Å². The number of aromatic amines is 1. The van der Waals surface area contributed by atoms with Gasteiger partial charge in [-0.25, -0.2) is 9.79 Å². The number of aromatic hydroxyl groups is 1. The second kappa shape index (κ2) is 8.34. The molecule has 3 aromatic rings. The van der Waals surface area contributed by atoms with Gasteiger partial charge in [0.05, 0.1) is 16.8 Å². The maximum absolute atomic E-state index is 11.9. The van der Waals surface area contributed by atoms with E-state index < -0.39 is 11.6 Å². The number of likely N-dealkylation sites (tertiary alicyclic amines) is 2. The molecule has 3 N–H and O–H groups in total. The zero-order chi connectivity index (χ0) is 25.9. The molecular formula is C28H31N5O4. The van der Waals surface area contributed by atoms with Crippen molar-refractivity contribution in [1.29, 1.82) is 0 Å². The topological polar surface area (TPSA) is 114 Å². The van der Waals surface area contributed by atoms with Crippen LogP contribution in [0.25, 0.3) is 10.9 Å². The zero-order valence-corrected chi connectivity index (χ0v) is 21.2. The number of aliphatic imine (C=N–C) groups is 1. The highest BCUT2D eigenvalue weighted by atomic mass is 16.6. The number of amides is 1. The molecule has 192 valence electrons. The fourth-order valence-corrected chi connectivity index (χ4v) is 6.26. The smallest absolute Gasteiger partial charge is 0.407 e. The number of fused-ring (bicyclic) bond motifs is 4. The number of hydrogen-bond donors (Lipinski definition) is 3. The van der Waals surface area contributed by atoms with Crippen molar-refractivity contribution in [2.45, 2.75) is 38.8 Å². The Balaban J connectivity index is 1.22. The average molecular weight is 502 g/mol. The number of benzene rings is 2. The summed E-state index contributed by atoms with van der Waals surface area (Å²) in [7, 11) is 0. The number of carboxylic acid groups (broad SMARTS) is 1. The molecule has 6 rings (SSSR count). The van der Waals surface area contributed by atoms with Gasteiger partial charge in [0, 0.05) is 42.1 Å². The van der Waals surface area contributed by atoms with E-state index in [0.29, 0.717) is 43.2 Å². The van der Waals surface area contributed by atoms with Gasteiger partial charge < -0.3 is 20.0 Å². The summed E-state index contributed by atoms with van der Waals surface area (Å²) in [6.07, 6.45) is -0.00610. The normalized spacial score (nSPS) is 24.2. The van der Waals surface area contributed by atoms with Crippen molar-refractivity contribution < 1.29 is 19.8 Å². The monoisotopic (exact) mass is 501 g/mol. The Labute approximate surface area is 215 Å². The van der Waals surface area contributed by atoms with E-state index >= 15 is 0 Å². The van der Waals surface area contributed by atoms with Crippen molar-refractivity contribution in [2.24, 2.45) is 15.6 Å². The molecule has 37 heavy (non-hydrogen) atoms. The zero-order valence-electron chi connectivity index (χ0n) is 21.2. The lowest BCUT2D eigenvalue weighted by molar-refractivity contribution is -0.00398. The molecule has 0 radical (unpaired) electrons. The standard InChI is InChI=1S/C28H31N5O4/c1-27(2,3)28-14-17(15-33(28)26(35)36)32(16-28)12-13-37-31-23-19-9-5-7-11-21(19)29-24(23)22-18-8-4-6-10-20(18)30-25(22)34/h4-11,17,30,34H,12-16H2,1-3H3,(H,35,36)/b31-23+/t17-,28+/m0/s1. The molecule has 1 aromatic heterocycles. The Morgan fingerprint density at radius 1 is 1.22 bits per heavy atom. The van der Waals surface area contributed by atoms with E-state index in [9.17, 15) is 15.0 Å². The number of rotatable bonds is 5. The molecule has 3 aliphatic rings. The summed E-state index contributed by atoms with van der Waals surface area (Å²) in [5, 5.41) is 25.9. The van der Waals surface area contributed by atoms with Gasteiger partial charge >= 0.3 is 6.09 Å². The van der Waals surface area contributed by atoms with Crippen LogP contribution in [0.3, 0.4) is 0 Å². The summed E-state index contributed by atoms with van der Waals surface area (Å²) in [5.74, 6) is 0.0454. The molecule has 2 bridgehead atoms. The van der Waals surface area contributed by atoms with E-state index in [1.165, 1.54) is 0 Å². The number of oxime groups is 1. The van der Waals surface area contributed by atoms with Gasteiger partial charge in [-0.15, -0.1) is 0 Å². The van der Waals surface area contributed by atoms with Crippen LogP contribution in [0.15, 0.2) is 58.7 Å². The van der Waals surface area contributed by atoms with Crippen LogP contribution in [-0.2, 0) is 4.84 Å². The molecule has 9 heteroatoms. The number of hydrogen-bond acceptors (Lipinski definition) is 6. The van der Waals surface area contributed by atoms with Gasteiger partial charge in [0.2, 0.25) is 0 Å². The van der Waals surface area contributed by atoms with Crippen LogP contribution in [0.2, 0.25) is 0 Å². The van der Waals surface area contributed by atoms with Gasteiger partial charge in [-0.2, -0.15) is 0 Å². The van der Waals surface area contributed by atoms with E-state index in [0.717, 1.165) is 28.6 Å². The van der Waals surface area contributed by atoms with E-state index in [1.54, 1.807) is 4.90 Å².